The molecule has 17 heavy (non-hydrogen) atoms. The maximum absolute atomic E-state index is 11.5. The summed E-state index contributed by atoms with van der Waals surface area (Å²) in [5.74, 6) is 0.408. The number of nitrogens with one attached hydrogen (secondary N) is 1. The van der Waals surface area contributed by atoms with Crippen LogP contribution in [0.4, 0.5) is 0 Å². The minimum absolute atomic E-state index is 0.183. The molecule has 0 saturated heterocycles. The third-order valence-corrected chi connectivity index (χ3v) is 2.36. The second-order valence-corrected chi connectivity index (χ2v) is 4.83. The van der Waals surface area contributed by atoms with Crippen molar-refractivity contribution in [1.29, 1.82) is 0 Å². The van der Waals surface area contributed by atoms with Gasteiger partial charge in [0.1, 0.15) is 0 Å². The molecule has 0 unspecified atom stereocenters. The summed E-state index contributed by atoms with van der Waals surface area (Å²) in [6.45, 7) is 8.40. The lowest BCUT2D eigenvalue weighted by Gasteiger charge is -2.18. The average Bonchev–Trinajstić information content (AvgIpc) is 2.57. The molecule has 0 spiro atoms. The molecule has 1 N–H and O–H groups in total. The van der Waals surface area contributed by atoms with E-state index in [4.69, 9.17) is 4.74 Å². The van der Waals surface area contributed by atoms with Gasteiger partial charge in [0.2, 0.25) is 5.78 Å². The summed E-state index contributed by atoms with van der Waals surface area (Å²) in [6, 6.07) is 1.82. The lowest BCUT2D eigenvalue weighted by Crippen LogP contribution is -2.22. The molecule has 6 heteroatoms. The molecule has 0 radical (unpaired) electrons. The molecule has 2 aromatic heterocycles. The highest BCUT2D eigenvalue weighted by atomic mass is 16.5. The van der Waals surface area contributed by atoms with Gasteiger partial charge in [-0.25, -0.2) is 0 Å². The van der Waals surface area contributed by atoms with E-state index in [0.29, 0.717) is 12.4 Å². The third-order valence-electron chi connectivity index (χ3n) is 2.36. The molecule has 0 saturated carbocycles. The molecule has 2 rings (SSSR count). The molecule has 2 heterocycles. The van der Waals surface area contributed by atoms with E-state index in [2.05, 4.69) is 15.1 Å². The number of rotatable bonds is 2. The van der Waals surface area contributed by atoms with Gasteiger partial charge in [0.25, 0.3) is 5.56 Å². The van der Waals surface area contributed by atoms with Crippen molar-refractivity contribution >= 4 is 5.78 Å². The zero-order valence-electron chi connectivity index (χ0n) is 10.4. The summed E-state index contributed by atoms with van der Waals surface area (Å²) in [5, 5.41) is 4.22. The van der Waals surface area contributed by atoms with Crippen LogP contribution < -0.4 is 10.3 Å². The van der Waals surface area contributed by atoms with E-state index in [1.807, 2.05) is 27.7 Å². The van der Waals surface area contributed by atoms with Gasteiger partial charge in [-0.05, 0) is 6.92 Å². The summed E-state index contributed by atoms with van der Waals surface area (Å²) < 4.78 is 6.85. The zero-order valence-corrected chi connectivity index (χ0v) is 10.4. The lowest BCUT2D eigenvalue weighted by molar-refractivity contribution is 0.312. The first-order valence-corrected chi connectivity index (χ1v) is 5.55. The standard InChI is InChI=1S/C11H16N4O2/c1-5-17-10-13-9-12-8(16)6-7(11(2,3)4)15(9)14-10/h6H,5H2,1-4H3,(H,12,13,14,16). The van der Waals surface area contributed by atoms with Crippen LogP contribution in [0.3, 0.4) is 0 Å². The molecule has 6 nitrogen and oxygen atoms in total. The van der Waals surface area contributed by atoms with Crippen LogP contribution in [0, 0.1) is 0 Å². The van der Waals surface area contributed by atoms with Crippen molar-refractivity contribution in [2.24, 2.45) is 0 Å². The number of nitrogens with zero attached hydrogens (tertiary/aromatic N) is 3. The van der Waals surface area contributed by atoms with Crippen molar-refractivity contribution in [3.05, 3.63) is 22.1 Å². The van der Waals surface area contributed by atoms with Gasteiger partial charge in [-0.3, -0.25) is 9.78 Å². The highest BCUT2D eigenvalue weighted by molar-refractivity contribution is 5.32. The molecular weight excluding hydrogens is 220 g/mol. The van der Waals surface area contributed by atoms with Crippen LogP contribution in [0.5, 0.6) is 6.01 Å². The zero-order chi connectivity index (χ0) is 12.6. The van der Waals surface area contributed by atoms with Crippen molar-refractivity contribution < 1.29 is 4.74 Å². The van der Waals surface area contributed by atoms with E-state index >= 15 is 0 Å². The van der Waals surface area contributed by atoms with Crippen LogP contribution in [-0.2, 0) is 5.41 Å². The van der Waals surface area contributed by atoms with Crippen LogP contribution in [0.1, 0.15) is 33.4 Å². The Labute approximate surface area is 98.6 Å². The fourth-order valence-corrected chi connectivity index (χ4v) is 1.60. The second-order valence-electron chi connectivity index (χ2n) is 4.83. The summed E-state index contributed by atoms with van der Waals surface area (Å²) >= 11 is 0. The van der Waals surface area contributed by atoms with Crippen LogP contribution in [0.25, 0.3) is 5.78 Å². The van der Waals surface area contributed by atoms with Gasteiger partial charge in [-0.1, -0.05) is 20.8 Å². The molecule has 2 aromatic rings. The van der Waals surface area contributed by atoms with Crippen molar-refractivity contribution in [3.8, 4) is 6.01 Å². The maximum atomic E-state index is 11.5. The summed E-state index contributed by atoms with van der Waals surface area (Å²) in [6.07, 6.45) is 0. The molecule has 0 aliphatic heterocycles. The van der Waals surface area contributed by atoms with E-state index in [0.717, 1.165) is 5.69 Å². The highest BCUT2D eigenvalue weighted by Gasteiger charge is 2.20. The topological polar surface area (TPSA) is 72.3 Å². The number of H-pyrrole nitrogens is 1. The van der Waals surface area contributed by atoms with Crippen molar-refractivity contribution in [1.82, 2.24) is 19.6 Å². The molecule has 0 aromatic carbocycles. The Bertz CT molecular complexity index is 592. The van der Waals surface area contributed by atoms with E-state index < -0.39 is 0 Å². The van der Waals surface area contributed by atoms with Crippen LogP contribution in [0.2, 0.25) is 0 Å². The number of aromatic amines is 1. The summed E-state index contributed by atoms with van der Waals surface area (Å²) in [4.78, 5) is 18.3. The first-order chi connectivity index (χ1) is 7.91. The first-order valence-electron chi connectivity index (χ1n) is 5.55. The van der Waals surface area contributed by atoms with E-state index in [9.17, 15) is 4.79 Å². The summed E-state index contributed by atoms with van der Waals surface area (Å²) in [7, 11) is 0. The number of aromatic nitrogens is 4. The quantitative estimate of drug-likeness (QED) is 0.847. The Hall–Kier alpha value is -1.85. The molecule has 0 amide bonds. The maximum Gasteiger partial charge on any atom is 0.337 e. The second kappa shape index (κ2) is 3.87. The number of hydrogen-bond acceptors (Lipinski definition) is 4. The third kappa shape index (κ3) is 2.15. The van der Waals surface area contributed by atoms with Gasteiger partial charge in [0.05, 0.1) is 12.3 Å². The smallest absolute Gasteiger partial charge is 0.337 e. The van der Waals surface area contributed by atoms with Crippen molar-refractivity contribution in [3.63, 3.8) is 0 Å². The van der Waals surface area contributed by atoms with Crippen molar-refractivity contribution in [2.45, 2.75) is 33.1 Å². The Kier molecular flexibility index (Phi) is 2.65. The SMILES string of the molecule is CCOc1nc2[nH]c(=O)cc(C(C)(C)C)n2n1. The lowest BCUT2D eigenvalue weighted by atomic mass is 9.92. The normalized spacial score (nSPS) is 12.0. The Balaban J connectivity index is 2.70. The molecule has 0 atom stereocenters. The molecule has 92 valence electrons. The Morgan fingerprint density at radius 2 is 2.18 bits per heavy atom. The minimum atomic E-state index is -0.191. The number of hydrogen-bond donors (Lipinski definition) is 1. The number of ether oxygens (including phenoxy) is 1. The molecule has 0 bridgehead atoms. The molecule has 0 fully saturated rings. The number of fused-ring (bicyclic) bond motifs is 1. The van der Waals surface area contributed by atoms with Gasteiger partial charge in [-0.2, -0.15) is 9.50 Å². The van der Waals surface area contributed by atoms with Gasteiger partial charge in [-0.15, -0.1) is 5.10 Å². The van der Waals surface area contributed by atoms with Gasteiger partial charge < -0.3 is 4.74 Å². The predicted octanol–water partition coefficient (Wildman–Crippen LogP) is 1.11. The van der Waals surface area contributed by atoms with Gasteiger partial charge in [0.15, 0.2) is 0 Å². The Morgan fingerprint density at radius 1 is 1.47 bits per heavy atom. The largest absolute Gasteiger partial charge is 0.463 e. The predicted molar refractivity (Wildman–Crippen MR) is 63.5 cm³/mol. The van der Waals surface area contributed by atoms with Gasteiger partial charge in [0, 0.05) is 11.5 Å². The van der Waals surface area contributed by atoms with Crippen LogP contribution in [-0.4, -0.2) is 26.2 Å². The monoisotopic (exact) mass is 236 g/mol. The fraction of sp³-hybridized carbons (Fsp3) is 0.545. The molecule has 0 aliphatic carbocycles. The molecule has 0 aliphatic rings. The fourth-order valence-electron chi connectivity index (χ4n) is 1.60. The van der Waals surface area contributed by atoms with E-state index in [1.54, 1.807) is 4.52 Å². The Morgan fingerprint density at radius 3 is 2.76 bits per heavy atom. The highest BCUT2D eigenvalue weighted by Crippen LogP contribution is 2.21. The average molecular weight is 236 g/mol. The van der Waals surface area contributed by atoms with Crippen LogP contribution in [0.15, 0.2) is 10.9 Å². The molecular formula is C11H16N4O2. The van der Waals surface area contributed by atoms with E-state index in [-0.39, 0.29) is 17.0 Å². The van der Waals surface area contributed by atoms with Gasteiger partial charge >= 0.3 is 6.01 Å². The van der Waals surface area contributed by atoms with Crippen molar-refractivity contribution in [2.75, 3.05) is 6.61 Å². The van der Waals surface area contributed by atoms with Crippen LogP contribution >= 0.6 is 0 Å². The summed E-state index contributed by atoms with van der Waals surface area (Å²) in [5.41, 5.74) is 0.427. The first kappa shape index (κ1) is 11.6. The minimum Gasteiger partial charge on any atom is -0.463 e. The van der Waals surface area contributed by atoms with E-state index in [1.165, 1.54) is 6.07 Å².